The summed E-state index contributed by atoms with van der Waals surface area (Å²) in [6.07, 6.45) is 0.981. The second-order valence-corrected chi connectivity index (χ2v) is 9.36. The molecule has 0 fully saturated rings. The zero-order valence-corrected chi connectivity index (χ0v) is 27.4. The number of carbonyl (C=O) groups excluding carboxylic acids is 2. The fourth-order valence-electron chi connectivity index (χ4n) is 3.14. The Hall–Kier alpha value is -1.18. The Labute approximate surface area is 268 Å². The Balaban J connectivity index is 3.08. The van der Waals surface area contributed by atoms with Crippen LogP contribution in [0.3, 0.4) is 0 Å². The maximum Gasteiger partial charge on any atom is 0.158 e. The van der Waals surface area contributed by atoms with Gasteiger partial charge in [0, 0.05) is 19.6 Å². The van der Waals surface area contributed by atoms with E-state index in [-0.39, 0.29) is 24.8 Å². The fourth-order valence-corrected chi connectivity index (χ4v) is 3.14. The molecule has 0 heterocycles. The molecule has 0 saturated carbocycles. The second kappa shape index (κ2) is 39.0. The number of carbonyl (C=O) groups is 2. The molecule has 0 aromatic heterocycles. The number of Topliss-reactive ketones (excluding diaryl/α,β-unsaturated/α-hetero) is 2. The SMILES string of the molecule is CC(=O)COCC(=O)CCCOCCOCCOCCOCCOCCOCCOCCOCCOCCOCCOCCN. The van der Waals surface area contributed by atoms with E-state index in [0.717, 1.165) is 0 Å². The molecule has 268 valence electrons. The van der Waals surface area contributed by atoms with Crippen LogP contribution >= 0.6 is 0 Å². The Morgan fingerprint density at radius 2 is 0.644 bits per heavy atom. The van der Waals surface area contributed by atoms with Crippen LogP contribution in [0.15, 0.2) is 0 Å². The summed E-state index contributed by atoms with van der Waals surface area (Å²) in [4.78, 5) is 22.3. The highest BCUT2D eigenvalue weighted by Gasteiger charge is 2.03. The highest BCUT2D eigenvalue weighted by atomic mass is 16.6. The molecular formula is C30H59NO14. The van der Waals surface area contributed by atoms with Gasteiger partial charge >= 0.3 is 0 Å². The van der Waals surface area contributed by atoms with Crippen molar-refractivity contribution in [3.8, 4) is 0 Å². The summed E-state index contributed by atoms with van der Waals surface area (Å²) in [5, 5.41) is 0. The van der Waals surface area contributed by atoms with Crippen molar-refractivity contribution in [2.45, 2.75) is 19.8 Å². The largest absolute Gasteiger partial charge is 0.379 e. The summed E-state index contributed by atoms with van der Waals surface area (Å²) in [7, 11) is 0. The molecule has 0 atom stereocenters. The van der Waals surface area contributed by atoms with Crippen LogP contribution in [0.2, 0.25) is 0 Å². The van der Waals surface area contributed by atoms with Gasteiger partial charge in [0.2, 0.25) is 0 Å². The Morgan fingerprint density at radius 1 is 0.378 bits per heavy atom. The van der Waals surface area contributed by atoms with Crippen LogP contribution in [0.4, 0.5) is 0 Å². The first-order valence-corrected chi connectivity index (χ1v) is 15.8. The fraction of sp³-hybridized carbons (Fsp3) is 0.933. The molecule has 0 aromatic rings. The Morgan fingerprint density at radius 3 is 0.911 bits per heavy atom. The normalized spacial score (nSPS) is 11.4. The van der Waals surface area contributed by atoms with Crippen molar-refractivity contribution in [2.75, 3.05) is 165 Å². The molecule has 15 nitrogen and oxygen atoms in total. The zero-order chi connectivity index (χ0) is 32.7. The molecule has 0 saturated heterocycles. The van der Waals surface area contributed by atoms with Crippen LogP contribution in [-0.4, -0.2) is 177 Å². The smallest absolute Gasteiger partial charge is 0.158 e. The van der Waals surface area contributed by atoms with Gasteiger partial charge < -0.3 is 62.6 Å². The van der Waals surface area contributed by atoms with E-state index in [0.29, 0.717) is 165 Å². The Kier molecular flexibility index (Phi) is 38.0. The van der Waals surface area contributed by atoms with Crippen molar-refractivity contribution in [3.63, 3.8) is 0 Å². The first-order chi connectivity index (χ1) is 22.2. The molecule has 0 rings (SSSR count). The predicted molar refractivity (Wildman–Crippen MR) is 164 cm³/mol. The van der Waals surface area contributed by atoms with Gasteiger partial charge in [-0.1, -0.05) is 0 Å². The van der Waals surface area contributed by atoms with E-state index in [1.54, 1.807) is 0 Å². The lowest BCUT2D eigenvalue weighted by Crippen LogP contribution is -2.15. The topological polar surface area (TPSA) is 171 Å². The molecule has 15 heteroatoms. The van der Waals surface area contributed by atoms with E-state index in [2.05, 4.69) is 0 Å². The van der Waals surface area contributed by atoms with E-state index < -0.39 is 0 Å². The lowest BCUT2D eigenvalue weighted by molar-refractivity contribution is -0.127. The van der Waals surface area contributed by atoms with Gasteiger partial charge in [0.15, 0.2) is 11.6 Å². The van der Waals surface area contributed by atoms with Crippen molar-refractivity contribution < 1.29 is 66.4 Å². The molecule has 0 unspecified atom stereocenters. The maximum atomic E-state index is 11.5. The standard InChI is InChI=1S/C30H59NO14/c1-29(32)27-45-28-30(33)3-2-5-34-7-9-36-11-13-38-15-17-40-19-21-42-23-25-44-26-24-43-22-20-41-18-16-39-14-12-37-10-8-35-6-4-31/h2-28,31H2,1H3. The van der Waals surface area contributed by atoms with Gasteiger partial charge in [0.1, 0.15) is 13.2 Å². The highest BCUT2D eigenvalue weighted by Crippen LogP contribution is 1.94. The second-order valence-electron chi connectivity index (χ2n) is 9.36. The van der Waals surface area contributed by atoms with E-state index in [4.69, 9.17) is 62.6 Å². The van der Waals surface area contributed by atoms with Gasteiger partial charge in [-0.2, -0.15) is 0 Å². The van der Waals surface area contributed by atoms with Gasteiger partial charge in [-0.05, 0) is 13.3 Å². The minimum absolute atomic E-state index is 0.0242. The number of rotatable bonds is 40. The van der Waals surface area contributed by atoms with Crippen LogP contribution < -0.4 is 5.73 Å². The van der Waals surface area contributed by atoms with Crippen molar-refractivity contribution in [1.29, 1.82) is 0 Å². The van der Waals surface area contributed by atoms with Crippen molar-refractivity contribution in [1.82, 2.24) is 0 Å². The van der Waals surface area contributed by atoms with Crippen LogP contribution in [0.1, 0.15) is 19.8 Å². The average molecular weight is 658 g/mol. The number of ether oxygens (including phenoxy) is 12. The molecule has 0 amide bonds. The molecule has 0 aliphatic rings. The first kappa shape index (κ1) is 43.8. The summed E-state index contributed by atoms with van der Waals surface area (Å²) >= 11 is 0. The van der Waals surface area contributed by atoms with Crippen LogP contribution in [-0.2, 0) is 66.4 Å². The maximum absolute atomic E-state index is 11.5. The quantitative estimate of drug-likeness (QED) is 0.0878. The van der Waals surface area contributed by atoms with E-state index in [9.17, 15) is 9.59 Å². The van der Waals surface area contributed by atoms with Gasteiger partial charge in [-0.3, -0.25) is 9.59 Å². The molecule has 0 radical (unpaired) electrons. The van der Waals surface area contributed by atoms with Crippen molar-refractivity contribution in [3.05, 3.63) is 0 Å². The molecule has 0 bridgehead atoms. The van der Waals surface area contributed by atoms with Gasteiger partial charge in [0.05, 0.1) is 139 Å². The van der Waals surface area contributed by atoms with E-state index >= 15 is 0 Å². The average Bonchev–Trinajstić information content (AvgIpc) is 3.02. The molecule has 0 aliphatic carbocycles. The van der Waals surface area contributed by atoms with E-state index in [1.165, 1.54) is 6.92 Å². The van der Waals surface area contributed by atoms with Gasteiger partial charge in [-0.25, -0.2) is 0 Å². The third kappa shape index (κ3) is 40.8. The summed E-state index contributed by atoms with van der Waals surface area (Å²) in [6.45, 7) is 12.9. The number of nitrogens with two attached hydrogens (primary N) is 1. The first-order valence-electron chi connectivity index (χ1n) is 15.8. The van der Waals surface area contributed by atoms with E-state index in [1.807, 2.05) is 0 Å². The molecule has 0 aromatic carbocycles. The summed E-state index contributed by atoms with van der Waals surface area (Å²) < 4.78 is 64.5. The lowest BCUT2D eigenvalue weighted by Gasteiger charge is -2.09. The van der Waals surface area contributed by atoms with Gasteiger partial charge in [0.25, 0.3) is 0 Å². The van der Waals surface area contributed by atoms with Gasteiger partial charge in [-0.15, -0.1) is 0 Å². The van der Waals surface area contributed by atoms with Crippen LogP contribution in [0.25, 0.3) is 0 Å². The van der Waals surface area contributed by atoms with Crippen molar-refractivity contribution >= 4 is 11.6 Å². The minimum atomic E-state index is -0.0962. The monoisotopic (exact) mass is 657 g/mol. The number of hydrogen-bond donors (Lipinski definition) is 1. The minimum Gasteiger partial charge on any atom is -0.379 e. The Bertz CT molecular complexity index is 617. The summed E-state index contributed by atoms with van der Waals surface area (Å²) in [6, 6.07) is 0. The van der Waals surface area contributed by atoms with Crippen molar-refractivity contribution in [2.24, 2.45) is 5.73 Å². The molecule has 0 spiro atoms. The molecular weight excluding hydrogens is 598 g/mol. The highest BCUT2D eigenvalue weighted by molar-refractivity contribution is 5.80. The molecule has 2 N–H and O–H groups in total. The zero-order valence-electron chi connectivity index (χ0n) is 27.4. The molecule has 0 aliphatic heterocycles. The third-order valence-corrected chi connectivity index (χ3v) is 5.29. The summed E-state index contributed by atoms with van der Waals surface area (Å²) in [5.41, 5.74) is 5.32. The predicted octanol–water partition coefficient (Wildman–Crippen LogP) is 0.0826. The van der Waals surface area contributed by atoms with Crippen LogP contribution in [0.5, 0.6) is 0 Å². The lowest BCUT2D eigenvalue weighted by atomic mass is 10.2. The molecule has 45 heavy (non-hydrogen) atoms. The summed E-state index contributed by atoms with van der Waals surface area (Å²) in [5.74, 6) is -0.133. The number of hydrogen-bond acceptors (Lipinski definition) is 15. The van der Waals surface area contributed by atoms with Crippen LogP contribution in [0, 0.1) is 0 Å². The third-order valence-electron chi connectivity index (χ3n) is 5.29. The number of ketones is 2.